The van der Waals surface area contributed by atoms with Crippen LogP contribution in [0.2, 0.25) is 0 Å². The summed E-state index contributed by atoms with van der Waals surface area (Å²) in [6, 6.07) is 12.0. The lowest BCUT2D eigenvalue weighted by Gasteiger charge is -2.19. The molecule has 2 rings (SSSR count). The Labute approximate surface area is 117 Å². The minimum atomic E-state index is 0.552. The highest BCUT2D eigenvalue weighted by Gasteiger charge is 2.22. The van der Waals surface area contributed by atoms with Gasteiger partial charge in [-0.2, -0.15) is 0 Å². The molecular formula is C17H26N2. The van der Waals surface area contributed by atoms with Crippen molar-refractivity contribution in [2.45, 2.75) is 38.3 Å². The van der Waals surface area contributed by atoms with Crippen LogP contribution in [-0.4, -0.2) is 36.6 Å². The second-order valence-corrected chi connectivity index (χ2v) is 5.61. The Morgan fingerprint density at radius 2 is 2.21 bits per heavy atom. The average molecular weight is 258 g/mol. The summed E-state index contributed by atoms with van der Waals surface area (Å²) in [6.07, 6.45) is 5.49. The number of benzene rings is 1. The van der Waals surface area contributed by atoms with Crippen molar-refractivity contribution in [3.63, 3.8) is 0 Å². The summed E-state index contributed by atoms with van der Waals surface area (Å²) in [4.78, 5) is 2.57. The molecule has 2 heteroatoms. The van der Waals surface area contributed by atoms with E-state index < -0.39 is 0 Å². The van der Waals surface area contributed by atoms with Gasteiger partial charge >= 0.3 is 0 Å². The number of nitrogens with one attached hydrogen (secondary N) is 1. The largest absolute Gasteiger partial charge is 0.310 e. The van der Waals surface area contributed by atoms with Crippen molar-refractivity contribution in [3.8, 4) is 0 Å². The van der Waals surface area contributed by atoms with Gasteiger partial charge in [-0.25, -0.2) is 0 Å². The van der Waals surface area contributed by atoms with E-state index in [0.717, 1.165) is 12.8 Å². The summed E-state index contributed by atoms with van der Waals surface area (Å²) in [5.74, 6) is 0. The zero-order valence-electron chi connectivity index (χ0n) is 12.0. The van der Waals surface area contributed by atoms with Gasteiger partial charge in [-0.05, 0) is 38.3 Å². The maximum absolute atomic E-state index is 3.80. The maximum Gasteiger partial charge on any atom is 0.0209 e. The van der Waals surface area contributed by atoms with Gasteiger partial charge in [-0.1, -0.05) is 36.4 Å². The van der Waals surface area contributed by atoms with Crippen molar-refractivity contribution in [2.24, 2.45) is 0 Å². The average Bonchev–Trinajstić information content (AvgIpc) is 2.85. The lowest BCUT2D eigenvalue weighted by Crippen LogP contribution is -2.38. The van der Waals surface area contributed by atoms with Crippen LogP contribution in [0.1, 0.15) is 25.3 Å². The summed E-state index contributed by atoms with van der Waals surface area (Å²) < 4.78 is 0. The third kappa shape index (κ3) is 4.81. The molecule has 1 aliphatic heterocycles. The predicted molar refractivity (Wildman–Crippen MR) is 82.4 cm³/mol. The van der Waals surface area contributed by atoms with E-state index in [1.165, 1.54) is 31.6 Å². The number of hydrogen-bond acceptors (Lipinski definition) is 2. The first-order valence-corrected chi connectivity index (χ1v) is 7.41. The van der Waals surface area contributed by atoms with Crippen molar-refractivity contribution in [1.29, 1.82) is 0 Å². The molecule has 2 unspecified atom stereocenters. The van der Waals surface area contributed by atoms with Crippen LogP contribution in [0.25, 0.3) is 0 Å². The van der Waals surface area contributed by atoms with E-state index in [9.17, 15) is 0 Å². The van der Waals surface area contributed by atoms with Crippen LogP contribution in [0, 0.1) is 0 Å². The van der Waals surface area contributed by atoms with E-state index >= 15 is 0 Å². The Hall–Kier alpha value is -1.12. The Morgan fingerprint density at radius 3 is 2.95 bits per heavy atom. The Balaban J connectivity index is 1.69. The molecule has 0 bridgehead atoms. The molecule has 1 N–H and O–H groups in total. The highest BCUT2D eigenvalue weighted by Crippen LogP contribution is 2.11. The Kier molecular flexibility index (Phi) is 5.62. The molecular weight excluding hydrogens is 232 g/mol. The summed E-state index contributed by atoms with van der Waals surface area (Å²) in [5.41, 5.74) is 1.44. The van der Waals surface area contributed by atoms with Crippen molar-refractivity contribution in [2.75, 3.05) is 19.6 Å². The van der Waals surface area contributed by atoms with Gasteiger partial charge in [0.05, 0.1) is 0 Å². The Morgan fingerprint density at radius 1 is 1.42 bits per heavy atom. The first kappa shape index (κ1) is 14.3. The second kappa shape index (κ2) is 7.46. The minimum Gasteiger partial charge on any atom is -0.310 e. The lowest BCUT2D eigenvalue weighted by atomic mass is 10.1. The Bertz CT molecular complexity index is 374. The molecule has 0 spiro atoms. The summed E-state index contributed by atoms with van der Waals surface area (Å²) in [5, 5.41) is 3.69. The third-order valence-corrected chi connectivity index (χ3v) is 3.87. The molecule has 1 aromatic carbocycles. The summed E-state index contributed by atoms with van der Waals surface area (Å²) in [6.45, 7) is 9.64. The second-order valence-electron chi connectivity index (χ2n) is 5.61. The third-order valence-electron chi connectivity index (χ3n) is 3.87. The molecule has 2 nitrogen and oxygen atoms in total. The first-order valence-electron chi connectivity index (χ1n) is 7.41. The highest BCUT2D eigenvalue weighted by atomic mass is 15.2. The van der Waals surface area contributed by atoms with Gasteiger partial charge in [0.1, 0.15) is 0 Å². The topological polar surface area (TPSA) is 15.3 Å². The van der Waals surface area contributed by atoms with E-state index in [2.05, 4.69) is 54.1 Å². The van der Waals surface area contributed by atoms with Gasteiger partial charge in [-0.3, -0.25) is 0 Å². The molecule has 0 saturated carbocycles. The van der Waals surface area contributed by atoms with Gasteiger partial charge < -0.3 is 10.2 Å². The molecule has 1 heterocycles. The van der Waals surface area contributed by atoms with Crippen molar-refractivity contribution in [1.82, 2.24) is 10.2 Å². The highest BCUT2D eigenvalue weighted by molar-refractivity contribution is 5.14. The van der Waals surface area contributed by atoms with Crippen LogP contribution >= 0.6 is 0 Å². The fourth-order valence-electron chi connectivity index (χ4n) is 2.82. The molecule has 0 aromatic heterocycles. The van der Waals surface area contributed by atoms with E-state index in [0.29, 0.717) is 12.1 Å². The van der Waals surface area contributed by atoms with Crippen molar-refractivity contribution in [3.05, 3.63) is 48.6 Å². The minimum absolute atomic E-state index is 0.552. The molecule has 1 aliphatic rings. The van der Waals surface area contributed by atoms with E-state index in [-0.39, 0.29) is 0 Å². The molecule has 19 heavy (non-hydrogen) atoms. The smallest absolute Gasteiger partial charge is 0.0209 e. The van der Waals surface area contributed by atoms with Crippen molar-refractivity contribution >= 4 is 0 Å². The monoisotopic (exact) mass is 258 g/mol. The standard InChI is InChI=1S/C17H26N2/c1-3-7-15(2)18-17-11-13-19(14-17)12-10-16-8-5-4-6-9-16/h3-6,8-9,15,17-18H,1,7,10-14H2,2H3. The lowest BCUT2D eigenvalue weighted by molar-refractivity contribution is 0.327. The number of hydrogen-bond donors (Lipinski definition) is 1. The van der Waals surface area contributed by atoms with Crippen LogP contribution < -0.4 is 5.32 Å². The normalized spacial score (nSPS) is 21.4. The first-order chi connectivity index (χ1) is 9.28. The molecule has 1 aromatic rings. The molecule has 0 radical (unpaired) electrons. The number of nitrogens with zero attached hydrogens (tertiary/aromatic N) is 1. The van der Waals surface area contributed by atoms with Gasteiger partial charge in [0, 0.05) is 25.2 Å². The van der Waals surface area contributed by atoms with Crippen LogP contribution in [0.5, 0.6) is 0 Å². The van der Waals surface area contributed by atoms with Crippen LogP contribution in [0.15, 0.2) is 43.0 Å². The number of likely N-dealkylation sites (tertiary alicyclic amines) is 1. The number of rotatable bonds is 7. The zero-order chi connectivity index (χ0) is 13.5. The van der Waals surface area contributed by atoms with Crippen LogP contribution in [0.4, 0.5) is 0 Å². The maximum atomic E-state index is 3.80. The molecule has 0 amide bonds. The van der Waals surface area contributed by atoms with E-state index in [4.69, 9.17) is 0 Å². The van der Waals surface area contributed by atoms with Gasteiger partial charge in [0.2, 0.25) is 0 Å². The molecule has 2 atom stereocenters. The SMILES string of the molecule is C=CCC(C)NC1CCN(CCc2ccccc2)C1. The van der Waals surface area contributed by atoms with Gasteiger partial charge in [0.15, 0.2) is 0 Å². The molecule has 1 saturated heterocycles. The fourth-order valence-corrected chi connectivity index (χ4v) is 2.82. The van der Waals surface area contributed by atoms with Crippen LogP contribution in [-0.2, 0) is 6.42 Å². The summed E-state index contributed by atoms with van der Waals surface area (Å²) >= 11 is 0. The van der Waals surface area contributed by atoms with Gasteiger partial charge in [0.25, 0.3) is 0 Å². The predicted octanol–water partition coefficient (Wildman–Crippen LogP) is 2.86. The quantitative estimate of drug-likeness (QED) is 0.757. The summed E-state index contributed by atoms with van der Waals surface area (Å²) in [7, 11) is 0. The van der Waals surface area contributed by atoms with E-state index in [1.54, 1.807) is 0 Å². The molecule has 0 aliphatic carbocycles. The molecule has 1 fully saturated rings. The zero-order valence-corrected chi connectivity index (χ0v) is 12.0. The van der Waals surface area contributed by atoms with Gasteiger partial charge in [-0.15, -0.1) is 6.58 Å². The molecule has 104 valence electrons. The van der Waals surface area contributed by atoms with Crippen LogP contribution in [0.3, 0.4) is 0 Å². The fraction of sp³-hybridized carbons (Fsp3) is 0.529. The van der Waals surface area contributed by atoms with E-state index in [1.807, 2.05) is 6.08 Å². The van der Waals surface area contributed by atoms with Crippen molar-refractivity contribution < 1.29 is 0 Å².